The van der Waals surface area contributed by atoms with E-state index >= 15 is 0 Å². The van der Waals surface area contributed by atoms with Crippen LogP contribution in [-0.2, 0) is 14.2 Å². The molecule has 1 unspecified atom stereocenters. The number of rotatable bonds is 0. The van der Waals surface area contributed by atoms with Crippen LogP contribution in [0.25, 0.3) is 0 Å². The normalized spacial score (nSPS) is 31.8. The summed E-state index contributed by atoms with van der Waals surface area (Å²) in [6, 6.07) is 0. The number of ether oxygens (including phenoxy) is 3. The maximum absolute atomic E-state index is 5.61. The smallest absolute Gasteiger partial charge is 0.0885 e. The third-order valence-corrected chi connectivity index (χ3v) is 2.28. The fraction of sp³-hybridized carbons (Fsp3) is 1.00. The molecule has 3 nitrogen and oxygen atoms in total. The van der Waals surface area contributed by atoms with Crippen molar-refractivity contribution < 1.29 is 14.2 Å². The largest absolute Gasteiger partial charge is 0.377 e. The predicted octanol–water partition coefficient (Wildman–Crippen LogP) is 1.22. The predicted molar refractivity (Wildman–Crippen MR) is 46.3 cm³/mol. The molecule has 1 aliphatic rings. The summed E-state index contributed by atoms with van der Waals surface area (Å²) in [6.07, 6.45) is 0.124. The quantitative estimate of drug-likeness (QED) is 0.552. The summed E-state index contributed by atoms with van der Waals surface area (Å²) in [5.74, 6) is 0. The van der Waals surface area contributed by atoms with Gasteiger partial charge < -0.3 is 14.2 Å². The van der Waals surface area contributed by atoms with Crippen LogP contribution in [0.2, 0.25) is 0 Å². The lowest BCUT2D eigenvalue weighted by atomic mass is 10.0. The van der Waals surface area contributed by atoms with Gasteiger partial charge in [0.1, 0.15) is 0 Å². The van der Waals surface area contributed by atoms with Crippen LogP contribution < -0.4 is 0 Å². The maximum atomic E-state index is 5.61. The summed E-state index contributed by atoms with van der Waals surface area (Å²) in [4.78, 5) is 0. The van der Waals surface area contributed by atoms with Crippen molar-refractivity contribution in [3.63, 3.8) is 0 Å². The number of hydrogen-bond acceptors (Lipinski definition) is 3. The highest BCUT2D eigenvalue weighted by atomic mass is 16.6. The molecule has 3 heteroatoms. The lowest BCUT2D eigenvalue weighted by Crippen LogP contribution is -2.39. The molecule has 72 valence electrons. The van der Waals surface area contributed by atoms with Crippen molar-refractivity contribution in [3.05, 3.63) is 0 Å². The molecule has 1 rings (SSSR count). The van der Waals surface area contributed by atoms with Gasteiger partial charge in [0.15, 0.2) is 0 Å². The zero-order valence-electron chi connectivity index (χ0n) is 8.13. The third-order valence-electron chi connectivity index (χ3n) is 2.28. The molecule has 1 fully saturated rings. The molecule has 0 saturated carbocycles. The zero-order chi connectivity index (χ0) is 9.03. The lowest BCUT2D eigenvalue weighted by molar-refractivity contribution is -0.111. The minimum absolute atomic E-state index is 0.124. The van der Waals surface area contributed by atoms with E-state index in [1.807, 2.05) is 20.8 Å². The van der Waals surface area contributed by atoms with Crippen molar-refractivity contribution in [1.29, 1.82) is 0 Å². The zero-order valence-corrected chi connectivity index (χ0v) is 8.13. The molecule has 0 aliphatic carbocycles. The molecular weight excluding hydrogens is 156 g/mol. The van der Waals surface area contributed by atoms with Gasteiger partial charge in [0.25, 0.3) is 0 Å². The molecule has 0 amide bonds. The van der Waals surface area contributed by atoms with Crippen LogP contribution >= 0.6 is 0 Å². The Morgan fingerprint density at radius 1 is 1.08 bits per heavy atom. The molecule has 0 spiro atoms. The molecule has 1 heterocycles. The Balaban J connectivity index is 2.47. The fourth-order valence-electron chi connectivity index (χ4n) is 1.07. The second kappa shape index (κ2) is 4.21. The summed E-state index contributed by atoms with van der Waals surface area (Å²) in [6.45, 7) is 8.77. The Kier molecular flexibility index (Phi) is 3.50. The molecule has 0 aromatic carbocycles. The van der Waals surface area contributed by atoms with Gasteiger partial charge in [0.05, 0.1) is 38.1 Å². The standard InChI is InChI=1S/C9H18O3/c1-8-9(2,3)12-7-5-10-4-6-11-8/h8H,4-7H2,1-3H3. The minimum Gasteiger partial charge on any atom is -0.377 e. The molecule has 12 heavy (non-hydrogen) atoms. The van der Waals surface area contributed by atoms with Crippen LogP contribution in [0, 0.1) is 0 Å². The third kappa shape index (κ3) is 2.73. The van der Waals surface area contributed by atoms with Crippen molar-refractivity contribution in [2.45, 2.75) is 32.5 Å². The Labute approximate surface area is 74.0 Å². The van der Waals surface area contributed by atoms with Gasteiger partial charge in [0.2, 0.25) is 0 Å². The summed E-state index contributed by atoms with van der Waals surface area (Å²) in [5, 5.41) is 0. The lowest BCUT2D eigenvalue weighted by Gasteiger charge is -2.30. The van der Waals surface area contributed by atoms with Crippen molar-refractivity contribution in [2.24, 2.45) is 0 Å². The van der Waals surface area contributed by atoms with Gasteiger partial charge in [-0.3, -0.25) is 0 Å². The first-order valence-electron chi connectivity index (χ1n) is 4.46. The van der Waals surface area contributed by atoms with Gasteiger partial charge in [-0.2, -0.15) is 0 Å². The van der Waals surface area contributed by atoms with Gasteiger partial charge in [-0.05, 0) is 20.8 Å². The maximum Gasteiger partial charge on any atom is 0.0885 e. The van der Waals surface area contributed by atoms with E-state index in [2.05, 4.69) is 0 Å². The summed E-state index contributed by atoms with van der Waals surface area (Å²) < 4.78 is 16.4. The van der Waals surface area contributed by atoms with Gasteiger partial charge in [0, 0.05) is 0 Å². The van der Waals surface area contributed by atoms with E-state index in [4.69, 9.17) is 14.2 Å². The van der Waals surface area contributed by atoms with Gasteiger partial charge in [-0.25, -0.2) is 0 Å². The van der Waals surface area contributed by atoms with E-state index in [-0.39, 0.29) is 11.7 Å². The Morgan fingerprint density at radius 2 is 1.75 bits per heavy atom. The molecular formula is C9H18O3. The molecule has 0 bridgehead atoms. The molecule has 0 N–H and O–H groups in total. The Morgan fingerprint density at radius 3 is 2.50 bits per heavy atom. The van der Waals surface area contributed by atoms with E-state index < -0.39 is 0 Å². The molecule has 0 aromatic heterocycles. The minimum atomic E-state index is -0.201. The number of hydrogen-bond donors (Lipinski definition) is 0. The van der Waals surface area contributed by atoms with Crippen LogP contribution in [0.4, 0.5) is 0 Å². The highest BCUT2D eigenvalue weighted by Gasteiger charge is 2.27. The summed E-state index contributed by atoms with van der Waals surface area (Å²) in [7, 11) is 0. The molecule has 0 radical (unpaired) electrons. The first-order valence-corrected chi connectivity index (χ1v) is 4.46. The van der Waals surface area contributed by atoms with Crippen LogP contribution in [0.5, 0.6) is 0 Å². The van der Waals surface area contributed by atoms with Gasteiger partial charge in [-0.1, -0.05) is 0 Å². The van der Waals surface area contributed by atoms with Gasteiger partial charge in [-0.15, -0.1) is 0 Å². The van der Waals surface area contributed by atoms with Crippen LogP contribution in [0.1, 0.15) is 20.8 Å². The van der Waals surface area contributed by atoms with Crippen molar-refractivity contribution in [2.75, 3.05) is 26.4 Å². The van der Waals surface area contributed by atoms with E-state index in [0.29, 0.717) is 26.4 Å². The molecule has 1 atom stereocenters. The highest BCUT2D eigenvalue weighted by molar-refractivity contribution is 4.77. The average molecular weight is 174 g/mol. The first kappa shape index (κ1) is 9.96. The molecule has 1 aliphatic heterocycles. The Hall–Kier alpha value is -0.120. The van der Waals surface area contributed by atoms with Crippen molar-refractivity contribution in [1.82, 2.24) is 0 Å². The van der Waals surface area contributed by atoms with Gasteiger partial charge >= 0.3 is 0 Å². The second-order valence-corrected chi connectivity index (χ2v) is 3.58. The van der Waals surface area contributed by atoms with Crippen molar-refractivity contribution in [3.8, 4) is 0 Å². The summed E-state index contributed by atoms with van der Waals surface area (Å²) in [5.41, 5.74) is -0.201. The van der Waals surface area contributed by atoms with Crippen LogP contribution in [0.15, 0.2) is 0 Å². The monoisotopic (exact) mass is 174 g/mol. The SMILES string of the molecule is CC1OCCOCCOC1(C)C. The van der Waals surface area contributed by atoms with E-state index in [9.17, 15) is 0 Å². The highest BCUT2D eigenvalue weighted by Crippen LogP contribution is 2.18. The summed E-state index contributed by atoms with van der Waals surface area (Å²) >= 11 is 0. The van der Waals surface area contributed by atoms with Crippen LogP contribution in [0.3, 0.4) is 0 Å². The van der Waals surface area contributed by atoms with Crippen molar-refractivity contribution >= 4 is 0 Å². The average Bonchev–Trinajstić information content (AvgIpc) is 2.06. The van der Waals surface area contributed by atoms with E-state index in [1.54, 1.807) is 0 Å². The second-order valence-electron chi connectivity index (χ2n) is 3.58. The van der Waals surface area contributed by atoms with Crippen LogP contribution in [-0.4, -0.2) is 38.1 Å². The first-order chi connectivity index (χ1) is 5.63. The molecule has 1 saturated heterocycles. The topological polar surface area (TPSA) is 27.7 Å². The van der Waals surface area contributed by atoms with E-state index in [0.717, 1.165) is 0 Å². The fourth-order valence-corrected chi connectivity index (χ4v) is 1.07. The Bertz CT molecular complexity index is 134. The molecule has 0 aromatic rings. The van der Waals surface area contributed by atoms with E-state index in [1.165, 1.54) is 0 Å².